The zero-order chi connectivity index (χ0) is 52.2. The number of hydrogen-bond donors (Lipinski definition) is 0. The molecule has 14 rings (SSSR count). The van der Waals surface area contributed by atoms with Crippen molar-refractivity contribution in [2.24, 2.45) is 0 Å². The van der Waals surface area contributed by atoms with Crippen molar-refractivity contribution in [3.8, 4) is 0 Å². The van der Waals surface area contributed by atoms with E-state index in [1.807, 2.05) is 0 Å². The molecule has 0 aliphatic heterocycles. The molecule has 2 fully saturated rings. The van der Waals surface area contributed by atoms with Crippen LogP contribution in [0.3, 0.4) is 0 Å². The summed E-state index contributed by atoms with van der Waals surface area (Å²) < 4.78 is 22.1. The topological polar surface area (TPSA) is 45.9 Å². The van der Waals surface area contributed by atoms with Gasteiger partial charge in [0.25, 0.3) is 0 Å². The van der Waals surface area contributed by atoms with Gasteiger partial charge < -0.3 is 23.1 Å². The van der Waals surface area contributed by atoms with Crippen molar-refractivity contribution < 1.29 is 13.3 Å². The Balaban J connectivity index is 1.09. The number of para-hydroxylation sites is 5. The van der Waals surface area contributed by atoms with Crippen LogP contribution in [-0.4, -0.2) is 0 Å². The molecule has 0 spiro atoms. The van der Waals surface area contributed by atoms with Gasteiger partial charge in [-0.2, -0.15) is 0 Å². The SMILES string of the molecule is CC(C)(C)c1cccc2c1oc1c(N(c3ccc(C4CCCCC4)cc3)c3c4ccccc4c(N(c4ccc(C5CCCCC5)cc4)c4cccc5c4oc4c(C(C)(C)C)cccc45)c4c3oc3ccccc34)cccc12. The van der Waals surface area contributed by atoms with Crippen LogP contribution in [0.1, 0.15) is 140 Å². The molecule has 0 atom stereocenters. The van der Waals surface area contributed by atoms with Crippen molar-refractivity contribution in [3.05, 3.63) is 192 Å². The molecule has 0 saturated heterocycles. The first-order valence-corrected chi connectivity index (χ1v) is 28.6. The lowest BCUT2D eigenvalue weighted by Gasteiger charge is -2.32. The van der Waals surface area contributed by atoms with E-state index in [0.29, 0.717) is 11.8 Å². The van der Waals surface area contributed by atoms with Gasteiger partial charge in [-0.3, -0.25) is 0 Å². The number of benzene rings is 9. The molecule has 2 aliphatic rings. The summed E-state index contributed by atoms with van der Waals surface area (Å²) in [7, 11) is 0. The van der Waals surface area contributed by atoms with Crippen molar-refractivity contribution in [1.82, 2.24) is 0 Å². The second-order valence-corrected chi connectivity index (χ2v) is 24.4. The molecule has 9 aromatic carbocycles. The van der Waals surface area contributed by atoms with Gasteiger partial charge in [0, 0.05) is 60.2 Å². The van der Waals surface area contributed by atoms with Crippen molar-refractivity contribution >= 4 is 111 Å². The second kappa shape index (κ2) is 18.5. The molecular weight excluding hydrogens is 941 g/mol. The molecule has 5 heteroatoms. The molecule has 2 aliphatic carbocycles. The first-order valence-electron chi connectivity index (χ1n) is 28.6. The average molecular weight is 1010 g/mol. The largest absolute Gasteiger partial charge is 0.454 e. The minimum absolute atomic E-state index is 0.125. The molecule has 3 aromatic heterocycles. The Morgan fingerprint density at radius 3 is 1.19 bits per heavy atom. The van der Waals surface area contributed by atoms with Crippen molar-refractivity contribution in [2.75, 3.05) is 9.80 Å². The maximum Gasteiger partial charge on any atom is 0.162 e. The van der Waals surface area contributed by atoms with Gasteiger partial charge in [-0.15, -0.1) is 0 Å². The van der Waals surface area contributed by atoms with Gasteiger partial charge in [0.2, 0.25) is 0 Å². The standard InChI is InChI=1S/C72H68N2O3/c1-71(2,3)58-32-17-28-53-55-30-19-34-60(68(55)76-66(53)58)73(49-41-37-47(38-42-49)45-21-9-7-10-22-45)64-51-25-13-14-26-52(51)65(70-63(64)57-27-15-16-36-62(57)75-70)74(50-43-39-48(40-44-50)46-23-11-8-12-24-46)61-35-20-31-56-54-29-18-33-59(72(4,5)6)67(54)77-69(56)61/h13-20,25-46H,7-12,21-24H2,1-6H3. The number of anilines is 6. The van der Waals surface area contributed by atoms with Crippen LogP contribution in [0.5, 0.6) is 0 Å². The highest BCUT2D eigenvalue weighted by molar-refractivity contribution is 6.29. The van der Waals surface area contributed by atoms with E-state index < -0.39 is 0 Å². The zero-order valence-electron chi connectivity index (χ0n) is 45.5. The van der Waals surface area contributed by atoms with Crippen LogP contribution in [0.15, 0.2) is 183 Å². The molecule has 12 aromatic rings. The monoisotopic (exact) mass is 1010 g/mol. The molecule has 384 valence electrons. The second-order valence-electron chi connectivity index (χ2n) is 24.4. The number of hydrogen-bond acceptors (Lipinski definition) is 5. The van der Waals surface area contributed by atoms with E-state index in [2.05, 4.69) is 221 Å². The van der Waals surface area contributed by atoms with Crippen LogP contribution < -0.4 is 9.80 Å². The minimum Gasteiger partial charge on any atom is -0.454 e. The lowest BCUT2D eigenvalue weighted by molar-refractivity contribution is 0.443. The molecule has 0 radical (unpaired) electrons. The van der Waals surface area contributed by atoms with Gasteiger partial charge in [0.1, 0.15) is 16.7 Å². The predicted octanol–water partition coefficient (Wildman–Crippen LogP) is 22.2. The Kier molecular flexibility index (Phi) is 11.4. The Labute approximate surface area is 452 Å². The lowest BCUT2D eigenvalue weighted by atomic mass is 9.84. The van der Waals surface area contributed by atoms with Crippen LogP contribution in [0.2, 0.25) is 0 Å². The Hall–Kier alpha value is -7.76. The highest BCUT2D eigenvalue weighted by Crippen LogP contribution is 2.56. The first kappa shape index (κ1) is 47.7. The number of furan rings is 3. The van der Waals surface area contributed by atoms with E-state index in [1.165, 1.54) is 86.5 Å². The molecule has 3 heterocycles. The van der Waals surface area contributed by atoms with Crippen LogP contribution in [0.25, 0.3) is 76.6 Å². The normalized spacial score (nSPS) is 15.3. The van der Waals surface area contributed by atoms with E-state index in [0.717, 1.165) is 111 Å². The van der Waals surface area contributed by atoms with E-state index in [4.69, 9.17) is 13.3 Å². The van der Waals surface area contributed by atoms with Crippen LogP contribution in [0.4, 0.5) is 34.1 Å². The smallest absolute Gasteiger partial charge is 0.162 e. The maximum absolute atomic E-state index is 7.50. The summed E-state index contributed by atoms with van der Waals surface area (Å²) in [5.74, 6) is 1.14. The summed E-state index contributed by atoms with van der Waals surface area (Å²) in [5.41, 5.74) is 16.2. The molecule has 0 bridgehead atoms. The maximum atomic E-state index is 7.50. The fourth-order valence-corrected chi connectivity index (χ4v) is 13.6. The quantitative estimate of drug-likeness (QED) is 0.142. The molecule has 77 heavy (non-hydrogen) atoms. The van der Waals surface area contributed by atoms with Crippen LogP contribution >= 0.6 is 0 Å². The van der Waals surface area contributed by atoms with E-state index in [1.54, 1.807) is 0 Å². The van der Waals surface area contributed by atoms with Gasteiger partial charge >= 0.3 is 0 Å². The third-order valence-electron chi connectivity index (χ3n) is 17.5. The highest BCUT2D eigenvalue weighted by Gasteiger charge is 2.33. The number of rotatable bonds is 8. The van der Waals surface area contributed by atoms with Crippen molar-refractivity contribution in [3.63, 3.8) is 0 Å². The minimum atomic E-state index is -0.127. The number of fused-ring (bicyclic) bond motifs is 10. The van der Waals surface area contributed by atoms with Gasteiger partial charge in [-0.05, 0) is 102 Å². The van der Waals surface area contributed by atoms with E-state index in [9.17, 15) is 0 Å². The van der Waals surface area contributed by atoms with Crippen LogP contribution in [-0.2, 0) is 10.8 Å². The fourth-order valence-electron chi connectivity index (χ4n) is 13.6. The first-order chi connectivity index (χ1) is 37.5. The third kappa shape index (κ3) is 7.94. The van der Waals surface area contributed by atoms with Crippen molar-refractivity contribution in [2.45, 2.75) is 128 Å². The van der Waals surface area contributed by atoms with Crippen LogP contribution in [0, 0.1) is 0 Å². The summed E-state index contributed by atoms with van der Waals surface area (Å²) in [4.78, 5) is 4.93. The highest BCUT2D eigenvalue weighted by atomic mass is 16.3. The summed E-state index contributed by atoms with van der Waals surface area (Å²) in [6.07, 6.45) is 12.8. The fraction of sp³-hybridized carbons (Fsp3) is 0.278. The van der Waals surface area contributed by atoms with Gasteiger partial charge in [-0.25, -0.2) is 0 Å². The Bertz CT molecular complexity index is 4200. The Morgan fingerprint density at radius 2 is 0.727 bits per heavy atom. The summed E-state index contributed by atoms with van der Waals surface area (Å²) >= 11 is 0. The third-order valence-corrected chi connectivity index (χ3v) is 17.5. The molecule has 0 amide bonds. The summed E-state index contributed by atoms with van der Waals surface area (Å²) in [6.45, 7) is 13.6. The lowest BCUT2D eigenvalue weighted by Crippen LogP contribution is -2.15. The van der Waals surface area contributed by atoms with E-state index in [-0.39, 0.29) is 10.8 Å². The zero-order valence-corrected chi connectivity index (χ0v) is 45.5. The summed E-state index contributed by atoms with van der Waals surface area (Å²) in [6, 6.07) is 63.2. The van der Waals surface area contributed by atoms with Gasteiger partial charge in [-0.1, -0.05) is 207 Å². The molecule has 2 saturated carbocycles. The van der Waals surface area contributed by atoms with Crippen molar-refractivity contribution in [1.29, 1.82) is 0 Å². The average Bonchev–Trinajstić information content (AvgIpc) is 4.19. The molecule has 0 N–H and O–H groups in total. The summed E-state index contributed by atoms with van der Waals surface area (Å²) in [5, 5.41) is 8.66. The molecular formula is C72H68N2O3. The van der Waals surface area contributed by atoms with Gasteiger partial charge in [0.15, 0.2) is 16.7 Å². The number of nitrogens with zero attached hydrogens (tertiary/aromatic N) is 2. The van der Waals surface area contributed by atoms with Gasteiger partial charge in [0.05, 0.1) is 28.1 Å². The molecule has 0 unspecified atom stereocenters. The molecule has 5 nitrogen and oxygen atoms in total. The Morgan fingerprint density at radius 1 is 0.338 bits per heavy atom. The predicted molar refractivity (Wildman–Crippen MR) is 324 cm³/mol. The van der Waals surface area contributed by atoms with E-state index >= 15 is 0 Å².